The van der Waals surface area contributed by atoms with Crippen LogP contribution in [0.15, 0.2) is 0 Å². The molecule has 0 unspecified atom stereocenters. The molecule has 86 valence electrons. The Morgan fingerprint density at radius 1 is 1.33 bits per heavy atom. The van der Waals surface area contributed by atoms with Gasteiger partial charge < -0.3 is 30.3 Å². The quantitative estimate of drug-likeness (QED) is 0.303. The number of hydrogen-bond donors (Lipinski definition) is 5. The molecule has 5 atom stereocenters. The highest BCUT2D eigenvalue weighted by Crippen LogP contribution is 2.28. The molecule has 0 aromatic heterocycles. The minimum Gasteiger partial charge on any atom is -0.394 e. The predicted molar refractivity (Wildman–Crippen MR) is 48.4 cm³/mol. The van der Waals surface area contributed by atoms with Gasteiger partial charge in [-0.15, -0.1) is 5.92 Å². The summed E-state index contributed by atoms with van der Waals surface area (Å²) in [5.74, 6) is 4.49. The fourth-order valence-corrected chi connectivity index (χ4v) is 1.45. The van der Waals surface area contributed by atoms with Crippen LogP contribution in [0, 0.1) is 11.8 Å². The second-order valence-corrected chi connectivity index (χ2v) is 3.35. The van der Waals surface area contributed by atoms with Gasteiger partial charge in [0.15, 0.2) is 6.29 Å². The van der Waals surface area contributed by atoms with E-state index in [4.69, 9.17) is 9.84 Å². The Morgan fingerprint density at radius 3 is 2.40 bits per heavy atom. The Kier molecular flexibility index (Phi) is 3.67. The normalized spacial score (nSPS) is 45.7. The molecular formula is C9H14O6. The first-order valence-electron chi connectivity index (χ1n) is 4.44. The van der Waals surface area contributed by atoms with Crippen molar-refractivity contribution in [2.24, 2.45) is 0 Å². The van der Waals surface area contributed by atoms with Crippen LogP contribution in [0.5, 0.6) is 0 Å². The SMILES string of the molecule is CC#C[C@@]1(O)[C@@H](O)O[C@H](CO)[C@@H](O)[C@@H]1O. The molecule has 1 fully saturated rings. The van der Waals surface area contributed by atoms with Crippen LogP contribution in [0.3, 0.4) is 0 Å². The second kappa shape index (κ2) is 4.45. The van der Waals surface area contributed by atoms with Gasteiger partial charge in [0, 0.05) is 0 Å². The molecule has 6 nitrogen and oxygen atoms in total. The molecule has 1 saturated heterocycles. The monoisotopic (exact) mass is 218 g/mol. The summed E-state index contributed by atoms with van der Waals surface area (Å²) in [5.41, 5.74) is -2.24. The second-order valence-electron chi connectivity index (χ2n) is 3.35. The molecule has 15 heavy (non-hydrogen) atoms. The summed E-state index contributed by atoms with van der Waals surface area (Å²) < 4.78 is 4.73. The largest absolute Gasteiger partial charge is 0.394 e. The molecule has 1 aliphatic heterocycles. The third-order valence-electron chi connectivity index (χ3n) is 2.34. The topological polar surface area (TPSA) is 110 Å². The molecule has 1 rings (SSSR count). The van der Waals surface area contributed by atoms with Crippen molar-refractivity contribution in [3.8, 4) is 11.8 Å². The zero-order valence-electron chi connectivity index (χ0n) is 8.16. The van der Waals surface area contributed by atoms with Gasteiger partial charge in [-0.2, -0.15) is 0 Å². The van der Waals surface area contributed by atoms with Gasteiger partial charge in [-0.3, -0.25) is 0 Å². The zero-order chi connectivity index (χ0) is 11.6. The van der Waals surface area contributed by atoms with E-state index in [1.165, 1.54) is 6.92 Å². The molecule has 0 aliphatic carbocycles. The van der Waals surface area contributed by atoms with Crippen molar-refractivity contribution < 1.29 is 30.3 Å². The van der Waals surface area contributed by atoms with E-state index in [0.29, 0.717) is 0 Å². The van der Waals surface area contributed by atoms with E-state index in [1.54, 1.807) is 0 Å². The van der Waals surface area contributed by atoms with Crippen molar-refractivity contribution in [2.45, 2.75) is 37.1 Å². The van der Waals surface area contributed by atoms with Gasteiger partial charge in [0.2, 0.25) is 5.60 Å². The number of hydrogen-bond acceptors (Lipinski definition) is 6. The molecule has 0 amide bonds. The van der Waals surface area contributed by atoms with Crippen LogP contribution in [-0.4, -0.2) is 62.3 Å². The summed E-state index contributed by atoms with van der Waals surface area (Å²) >= 11 is 0. The van der Waals surface area contributed by atoms with Gasteiger partial charge in [0.1, 0.15) is 18.3 Å². The Hall–Kier alpha value is -0.680. The highest BCUT2D eigenvalue weighted by atomic mass is 16.6. The van der Waals surface area contributed by atoms with E-state index >= 15 is 0 Å². The van der Waals surface area contributed by atoms with E-state index in [-0.39, 0.29) is 0 Å². The Bertz CT molecular complexity index is 282. The van der Waals surface area contributed by atoms with Gasteiger partial charge >= 0.3 is 0 Å². The molecule has 0 radical (unpaired) electrons. The van der Waals surface area contributed by atoms with E-state index in [2.05, 4.69) is 11.8 Å². The molecule has 1 aliphatic rings. The van der Waals surface area contributed by atoms with Crippen molar-refractivity contribution in [2.75, 3.05) is 6.61 Å². The highest BCUT2D eigenvalue weighted by Gasteiger charge is 2.53. The fourth-order valence-electron chi connectivity index (χ4n) is 1.45. The van der Waals surface area contributed by atoms with Gasteiger partial charge in [-0.1, -0.05) is 5.92 Å². The summed E-state index contributed by atoms with van der Waals surface area (Å²) in [5, 5.41) is 46.9. The number of rotatable bonds is 1. The minimum absolute atomic E-state index is 0.578. The van der Waals surface area contributed by atoms with Gasteiger partial charge in [-0.05, 0) is 6.92 Å². The maximum atomic E-state index is 9.75. The first kappa shape index (κ1) is 12.4. The summed E-state index contributed by atoms with van der Waals surface area (Å²) in [6, 6.07) is 0. The molecule has 0 bridgehead atoms. The van der Waals surface area contributed by atoms with Crippen LogP contribution >= 0.6 is 0 Å². The molecular weight excluding hydrogens is 204 g/mol. The third-order valence-corrected chi connectivity index (χ3v) is 2.34. The maximum absolute atomic E-state index is 9.75. The van der Waals surface area contributed by atoms with Crippen molar-refractivity contribution in [1.29, 1.82) is 0 Å². The molecule has 1 heterocycles. The number of ether oxygens (including phenoxy) is 1. The van der Waals surface area contributed by atoms with Gasteiger partial charge in [0.25, 0.3) is 0 Å². The molecule has 6 heteroatoms. The molecule has 0 saturated carbocycles. The smallest absolute Gasteiger partial charge is 0.205 e. The van der Waals surface area contributed by atoms with Crippen LogP contribution in [0.2, 0.25) is 0 Å². The molecule has 0 spiro atoms. The Morgan fingerprint density at radius 2 is 1.93 bits per heavy atom. The van der Waals surface area contributed by atoms with E-state index in [1.807, 2.05) is 0 Å². The summed E-state index contributed by atoms with van der Waals surface area (Å²) in [7, 11) is 0. The zero-order valence-corrected chi connectivity index (χ0v) is 8.16. The first-order chi connectivity index (χ1) is 6.97. The van der Waals surface area contributed by atoms with Gasteiger partial charge in [0.05, 0.1) is 6.61 Å². The molecule has 0 aromatic carbocycles. The Labute approximate surface area is 86.7 Å². The number of aliphatic hydroxyl groups excluding tert-OH is 4. The summed E-state index contributed by atoms with van der Waals surface area (Å²) in [6.07, 6.45) is -6.13. The first-order valence-corrected chi connectivity index (χ1v) is 4.44. The Balaban J connectivity index is 2.96. The fraction of sp³-hybridized carbons (Fsp3) is 0.778. The van der Waals surface area contributed by atoms with Crippen molar-refractivity contribution in [3.63, 3.8) is 0 Å². The lowest BCUT2D eigenvalue weighted by atomic mass is 9.87. The lowest BCUT2D eigenvalue weighted by molar-refractivity contribution is -0.310. The minimum atomic E-state index is -2.24. The summed E-state index contributed by atoms with van der Waals surface area (Å²) in [4.78, 5) is 0. The van der Waals surface area contributed by atoms with Crippen molar-refractivity contribution in [3.05, 3.63) is 0 Å². The molecule has 0 aromatic rings. The van der Waals surface area contributed by atoms with Crippen molar-refractivity contribution >= 4 is 0 Å². The van der Waals surface area contributed by atoms with Crippen LogP contribution < -0.4 is 0 Å². The van der Waals surface area contributed by atoms with E-state index in [9.17, 15) is 20.4 Å². The summed E-state index contributed by atoms with van der Waals surface area (Å²) in [6.45, 7) is 0.826. The number of aliphatic hydroxyl groups is 5. The predicted octanol–water partition coefficient (Wildman–Crippen LogP) is -2.83. The highest BCUT2D eigenvalue weighted by molar-refractivity contribution is 5.20. The lowest BCUT2D eigenvalue weighted by Gasteiger charge is -2.43. The van der Waals surface area contributed by atoms with Crippen LogP contribution in [0.4, 0.5) is 0 Å². The molecule has 5 N–H and O–H groups in total. The third kappa shape index (κ3) is 1.99. The average Bonchev–Trinajstić information content (AvgIpc) is 2.21. The standard InChI is InChI=1S/C9H14O6/c1-2-3-9(14)7(12)6(11)5(4-10)15-8(9)13/h5-8,10-14H,4H2,1H3/t5-,6-,7+,8+,9+/m1/s1. The van der Waals surface area contributed by atoms with Crippen molar-refractivity contribution in [1.82, 2.24) is 0 Å². The van der Waals surface area contributed by atoms with Crippen LogP contribution in [-0.2, 0) is 4.74 Å². The average molecular weight is 218 g/mol. The van der Waals surface area contributed by atoms with Crippen LogP contribution in [0.1, 0.15) is 6.92 Å². The van der Waals surface area contributed by atoms with E-state index in [0.717, 1.165) is 0 Å². The van der Waals surface area contributed by atoms with E-state index < -0.39 is 36.8 Å². The maximum Gasteiger partial charge on any atom is 0.205 e. The van der Waals surface area contributed by atoms with Crippen LogP contribution in [0.25, 0.3) is 0 Å². The van der Waals surface area contributed by atoms with Gasteiger partial charge in [-0.25, -0.2) is 0 Å². The lowest BCUT2D eigenvalue weighted by Crippen LogP contribution is -2.66.